The lowest BCUT2D eigenvalue weighted by Gasteiger charge is -2.10. The Morgan fingerprint density at radius 1 is 1.29 bits per heavy atom. The van der Waals surface area contributed by atoms with Gasteiger partial charge < -0.3 is 15.2 Å². The van der Waals surface area contributed by atoms with Gasteiger partial charge in [-0.3, -0.25) is 0 Å². The van der Waals surface area contributed by atoms with Crippen molar-refractivity contribution >= 4 is 11.8 Å². The summed E-state index contributed by atoms with van der Waals surface area (Å²) in [6.07, 6.45) is 0. The monoisotopic (exact) mass is 291 g/mol. The first-order valence-electron chi connectivity index (χ1n) is 6.04. The lowest BCUT2D eigenvalue weighted by Crippen LogP contribution is -2.12. The minimum atomic E-state index is -0.603. The van der Waals surface area contributed by atoms with Crippen molar-refractivity contribution in [3.8, 4) is 17.1 Å². The summed E-state index contributed by atoms with van der Waals surface area (Å²) in [7, 11) is 2.61. The van der Waals surface area contributed by atoms with Gasteiger partial charge in [-0.05, 0) is 25.1 Å². The summed E-state index contributed by atoms with van der Waals surface area (Å²) in [5.74, 6) is -0.738. The number of hydrogen-bond acceptors (Lipinski definition) is 6. The van der Waals surface area contributed by atoms with Gasteiger partial charge in [-0.25, -0.2) is 19.2 Å². The molecule has 0 aliphatic rings. The number of hydrogen-bond donors (Lipinski definition) is 1. The molecule has 0 aliphatic heterocycles. The fourth-order valence-electron chi connectivity index (χ4n) is 1.88. The zero-order chi connectivity index (χ0) is 15.6. The quantitative estimate of drug-likeness (QED) is 0.870. The molecule has 0 saturated heterocycles. The summed E-state index contributed by atoms with van der Waals surface area (Å²) < 4.78 is 22.9. The van der Waals surface area contributed by atoms with E-state index in [1.54, 1.807) is 6.92 Å². The summed E-state index contributed by atoms with van der Waals surface area (Å²) in [5, 5.41) is 0. The Hall–Kier alpha value is -2.70. The molecule has 0 unspecified atom stereocenters. The van der Waals surface area contributed by atoms with Crippen molar-refractivity contribution in [2.45, 2.75) is 6.92 Å². The van der Waals surface area contributed by atoms with Crippen LogP contribution in [0.15, 0.2) is 18.2 Å². The topological polar surface area (TPSA) is 87.3 Å². The van der Waals surface area contributed by atoms with Crippen LogP contribution in [0.25, 0.3) is 11.4 Å². The Morgan fingerprint density at radius 3 is 2.57 bits per heavy atom. The first-order valence-corrected chi connectivity index (χ1v) is 6.04. The summed E-state index contributed by atoms with van der Waals surface area (Å²) in [6.45, 7) is 1.62. The highest BCUT2D eigenvalue weighted by molar-refractivity contribution is 5.95. The largest absolute Gasteiger partial charge is 0.494 e. The number of aromatic nitrogens is 2. The van der Waals surface area contributed by atoms with Crippen molar-refractivity contribution < 1.29 is 18.7 Å². The summed E-state index contributed by atoms with van der Waals surface area (Å²) in [6, 6.07) is 4.21. The molecule has 0 atom stereocenters. The van der Waals surface area contributed by atoms with E-state index in [-0.39, 0.29) is 23.0 Å². The van der Waals surface area contributed by atoms with Crippen LogP contribution in [0.5, 0.6) is 5.75 Å². The van der Waals surface area contributed by atoms with E-state index in [0.717, 1.165) is 0 Å². The highest BCUT2D eigenvalue weighted by atomic mass is 19.1. The number of halogens is 1. The molecule has 7 heteroatoms. The maximum atomic E-state index is 13.4. The summed E-state index contributed by atoms with van der Waals surface area (Å²) >= 11 is 0. The van der Waals surface area contributed by atoms with Crippen LogP contribution >= 0.6 is 0 Å². The van der Waals surface area contributed by atoms with Gasteiger partial charge in [0.1, 0.15) is 11.4 Å². The molecule has 2 aromatic rings. The van der Waals surface area contributed by atoms with Crippen LogP contribution in [0.4, 0.5) is 10.2 Å². The molecule has 0 aliphatic carbocycles. The Morgan fingerprint density at radius 2 is 2.00 bits per heavy atom. The number of benzene rings is 1. The van der Waals surface area contributed by atoms with Crippen molar-refractivity contribution in [3.05, 3.63) is 35.3 Å². The van der Waals surface area contributed by atoms with Gasteiger partial charge in [0, 0.05) is 5.56 Å². The molecule has 0 spiro atoms. The molecule has 0 radical (unpaired) electrons. The molecule has 1 aromatic heterocycles. The number of nitrogen functional groups attached to an aromatic ring is 1. The first kappa shape index (κ1) is 14.7. The molecule has 1 heterocycles. The van der Waals surface area contributed by atoms with Crippen molar-refractivity contribution in [2.75, 3.05) is 20.0 Å². The molecular weight excluding hydrogens is 277 g/mol. The number of carbonyl (C=O) groups is 1. The number of carbonyl (C=O) groups excluding carboxylic acids is 1. The van der Waals surface area contributed by atoms with E-state index in [4.69, 9.17) is 10.5 Å². The summed E-state index contributed by atoms with van der Waals surface area (Å²) in [4.78, 5) is 19.9. The van der Waals surface area contributed by atoms with Crippen molar-refractivity contribution in [1.29, 1.82) is 0 Å². The van der Waals surface area contributed by atoms with E-state index in [1.807, 2.05) is 0 Å². The van der Waals surface area contributed by atoms with Gasteiger partial charge in [-0.15, -0.1) is 0 Å². The minimum Gasteiger partial charge on any atom is -0.494 e. The standard InChI is InChI=1S/C14H14FN3O3/c1-7-11(14(19)21-3)12(16)18-13(17-7)8-4-5-9(15)10(6-8)20-2/h4-6H,1-3H3,(H2,16,17,18). The number of aryl methyl sites for hydroxylation is 1. The molecule has 110 valence electrons. The van der Waals surface area contributed by atoms with Crippen LogP contribution < -0.4 is 10.5 Å². The third kappa shape index (κ3) is 2.76. The van der Waals surface area contributed by atoms with E-state index < -0.39 is 11.8 Å². The highest BCUT2D eigenvalue weighted by Gasteiger charge is 2.18. The maximum absolute atomic E-state index is 13.4. The van der Waals surface area contributed by atoms with E-state index in [1.165, 1.54) is 32.4 Å². The normalized spacial score (nSPS) is 10.3. The van der Waals surface area contributed by atoms with Gasteiger partial charge in [0.25, 0.3) is 0 Å². The zero-order valence-electron chi connectivity index (χ0n) is 11.8. The molecule has 21 heavy (non-hydrogen) atoms. The van der Waals surface area contributed by atoms with Crippen LogP contribution in [-0.2, 0) is 4.74 Å². The van der Waals surface area contributed by atoms with Gasteiger partial charge >= 0.3 is 5.97 Å². The van der Waals surface area contributed by atoms with Crippen LogP contribution in [0, 0.1) is 12.7 Å². The fourth-order valence-corrected chi connectivity index (χ4v) is 1.88. The molecule has 0 fully saturated rings. The van der Waals surface area contributed by atoms with Crippen LogP contribution in [0.3, 0.4) is 0 Å². The minimum absolute atomic E-state index is 0.00708. The predicted octanol–water partition coefficient (Wildman–Crippen LogP) is 1.97. The van der Waals surface area contributed by atoms with E-state index in [9.17, 15) is 9.18 Å². The molecule has 0 bridgehead atoms. The van der Waals surface area contributed by atoms with E-state index in [2.05, 4.69) is 14.7 Å². The van der Waals surface area contributed by atoms with Crippen molar-refractivity contribution in [1.82, 2.24) is 9.97 Å². The predicted molar refractivity (Wildman–Crippen MR) is 74.5 cm³/mol. The number of esters is 1. The number of rotatable bonds is 3. The van der Waals surface area contributed by atoms with E-state index in [0.29, 0.717) is 11.3 Å². The molecule has 2 N–H and O–H groups in total. The van der Waals surface area contributed by atoms with Gasteiger partial charge in [0.05, 0.1) is 19.9 Å². The number of ether oxygens (including phenoxy) is 2. The highest BCUT2D eigenvalue weighted by Crippen LogP contribution is 2.26. The van der Waals surface area contributed by atoms with Crippen LogP contribution in [0.1, 0.15) is 16.1 Å². The second-order valence-electron chi connectivity index (χ2n) is 4.23. The Labute approximate surface area is 120 Å². The third-order valence-electron chi connectivity index (χ3n) is 2.92. The van der Waals surface area contributed by atoms with Gasteiger partial charge in [0.15, 0.2) is 17.4 Å². The summed E-state index contributed by atoms with van der Waals surface area (Å²) in [5.41, 5.74) is 6.81. The third-order valence-corrected chi connectivity index (χ3v) is 2.92. The number of nitrogens with two attached hydrogens (primary N) is 1. The molecule has 1 aromatic carbocycles. The number of anilines is 1. The average molecular weight is 291 g/mol. The molecule has 0 saturated carbocycles. The Bertz CT molecular complexity index is 681. The molecule has 2 rings (SSSR count). The van der Waals surface area contributed by atoms with Gasteiger partial charge in [-0.1, -0.05) is 0 Å². The SMILES string of the molecule is COC(=O)c1c(C)nc(-c2ccc(F)c(OC)c2)nc1N. The lowest BCUT2D eigenvalue weighted by molar-refractivity contribution is 0.0600. The van der Waals surface area contributed by atoms with Gasteiger partial charge in [0.2, 0.25) is 0 Å². The molecule has 0 amide bonds. The van der Waals surface area contributed by atoms with Crippen molar-refractivity contribution in [3.63, 3.8) is 0 Å². The molecule has 6 nitrogen and oxygen atoms in total. The van der Waals surface area contributed by atoms with Gasteiger partial charge in [-0.2, -0.15) is 0 Å². The van der Waals surface area contributed by atoms with E-state index >= 15 is 0 Å². The number of nitrogens with zero attached hydrogens (tertiary/aromatic N) is 2. The second kappa shape index (κ2) is 5.74. The van der Waals surface area contributed by atoms with Crippen LogP contribution in [-0.4, -0.2) is 30.2 Å². The van der Waals surface area contributed by atoms with Crippen LogP contribution in [0.2, 0.25) is 0 Å². The average Bonchev–Trinajstić information content (AvgIpc) is 2.46. The number of methoxy groups -OCH3 is 2. The Kier molecular flexibility index (Phi) is 4.02. The van der Waals surface area contributed by atoms with Crippen molar-refractivity contribution in [2.24, 2.45) is 0 Å². The first-order chi connectivity index (χ1) is 9.97. The second-order valence-corrected chi connectivity index (χ2v) is 4.23. The smallest absolute Gasteiger partial charge is 0.343 e. The lowest BCUT2D eigenvalue weighted by atomic mass is 10.1. The molecular formula is C14H14FN3O3. The Balaban J connectivity index is 2.54. The maximum Gasteiger partial charge on any atom is 0.343 e. The fraction of sp³-hybridized carbons (Fsp3) is 0.214. The zero-order valence-corrected chi connectivity index (χ0v) is 11.8.